The van der Waals surface area contributed by atoms with Crippen molar-refractivity contribution >= 4 is 11.8 Å². The number of hydrogen-bond donors (Lipinski definition) is 0. The Morgan fingerprint density at radius 2 is 2.09 bits per heavy atom. The van der Waals surface area contributed by atoms with Gasteiger partial charge < -0.3 is 4.74 Å². The van der Waals surface area contributed by atoms with Gasteiger partial charge in [0.2, 0.25) is 5.16 Å². The predicted octanol–water partition coefficient (Wildman–Crippen LogP) is 2.94. The van der Waals surface area contributed by atoms with Crippen LogP contribution in [0.25, 0.3) is 0 Å². The Morgan fingerprint density at radius 3 is 2.95 bits per heavy atom. The molecule has 0 radical (unpaired) electrons. The van der Waals surface area contributed by atoms with Crippen molar-refractivity contribution in [3.8, 4) is 0 Å². The number of thioether (sulfide) groups is 1. The van der Waals surface area contributed by atoms with Gasteiger partial charge in [0.1, 0.15) is 5.82 Å². The lowest BCUT2D eigenvalue weighted by Gasteiger charge is -2.23. The van der Waals surface area contributed by atoms with E-state index in [1.165, 1.54) is 6.07 Å². The number of nitrogens with zero attached hydrogens (tertiary/aromatic N) is 4. The summed E-state index contributed by atoms with van der Waals surface area (Å²) in [6, 6.07) is 5.65. The highest BCUT2D eigenvalue weighted by Crippen LogP contribution is 2.45. The molecule has 5 nitrogen and oxygen atoms in total. The summed E-state index contributed by atoms with van der Waals surface area (Å²) >= 11 is 1.65. The quantitative estimate of drug-likeness (QED) is 0.870. The molecule has 4 rings (SSSR count). The molecule has 0 spiro atoms. The summed E-state index contributed by atoms with van der Waals surface area (Å²) in [5.74, 6) is -0.0929. The Hall–Kier alpha value is -1.47. The smallest absolute Gasteiger partial charge is 0.210 e. The van der Waals surface area contributed by atoms with Gasteiger partial charge in [-0.3, -0.25) is 0 Å². The molecule has 2 aliphatic rings. The minimum atomic E-state index is -0.0929. The van der Waals surface area contributed by atoms with E-state index >= 15 is 0 Å². The Kier molecular flexibility index (Phi) is 3.83. The van der Waals surface area contributed by atoms with Crippen molar-refractivity contribution in [2.45, 2.75) is 42.1 Å². The molecule has 1 aromatic carbocycles. The average molecular weight is 320 g/mol. The maximum Gasteiger partial charge on any atom is 0.210 e. The highest BCUT2D eigenvalue weighted by molar-refractivity contribution is 7.99. The number of aromatic nitrogens is 4. The zero-order chi connectivity index (χ0) is 14.9. The first kappa shape index (κ1) is 14.1. The maximum atomic E-state index is 13.8. The Bertz CT molecular complexity index is 671. The van der Waals surface area contributed by atoms with Crippen molar-refractivity contribution in [1.82, 2.24) is 20.2 Å². The lowest BCUT2D eigenvalue weighted by Crippen LogP contribution is -2.21. The molecule has 1 saturated heterocycles. The fraction of sp³-hybridized carbons (Fsp3) is 0.533. The summed E-state index contributed by atoms with van der Waals surface area (Å²) in [4.78, 5) is 0. The highest BCUT2D eigenvalue weighted by atomic mass is 32.2. The van der Waals surface area contributed by atoms with E-state index < -0.39 is 0 Å². The van der Waals surface area contributed by atoms with Crippen LogP contribution in [-0.4, -0.2) is 33.4 Å². The summed E-state index contributed by atoms with van der Waals surface area (Å²) in [6.07, 6.45) is 3.60. The van der Waals surface area contributed by atoms with Crippen LogP contribution in [-0.2, 0) is 11.2 Å². The molecule has 1 atom stereocenters. The monoisotopic (exact) mass is 320 g/mol. The van der Waals surface area contributed by atoms with Crippen molar-refractivity contribution in [1.29, 1.82) is 0 Å². The Balaban J connectivity index is 1.56. The number of fused-ring (bicyclic) bond motifs is 1. The third-order valence-corrected chi connectivity index (χ3v) is 5.66. The van der Waals surface area contributed by atoms with Gasteiger partial charge in [-0.2, -0.15) is 0 Å². The second kappa shape index (κ2) is 5.96. The van der Waals surface area contributed by atoms with E-state index in [1.807, 2.05) is 10.7 Å². The first-order valence-electron chi connectivity index (χ1n) is 7.62. The van der Waals surface area contributed by atoms with Crippen molar-refractivity contribution in [2.24, 2.45) is 0 Å². The molecule has 1 aliphatic carbocycles. The fourth-order valence-corrected chi connectivity index (χ4v) is 4.46. The molecule has 2 heterocycles. The topological polar surface area (TPSA) is 52.8 Å². The summed E-state index contributed by atoms with van der Waals surface area (Å²) in [5.41, 5.74) is 1.94. The van der Waals surface area contributed by atoms with Crippen LogP contribution in [0.2, 0.25) is 0 Å². The average Bonchev–Trinajstić information content (AvgIpc) is 3.17. The SMILES string of the molecule is Fc1cccc2c1CC[C@H]2Sc1nnnn1C1CCOCC1. The molecule has 0 unspecified atom stereocenters. The van der Waals surface area contributed by atoms with Crippen LogP contribution in [0.15, 0.2) is 23.4 Å². The summed E-state index contributed by atoms with van der Waals surface area (Å²) < 4.78 is 21.2. The van der Waals surface area contributed by atoms with Gasteiger partial charge in [-0.05, 0) is 53.3 Å². The van der Waals surface area contributed by atoms with E-state index in [0.717, 1.165) is 55.2 Å². The molecule has 0 saturated carbocycles. The molecule has 0 N–H and O–H groups in total. The van der Waals surface area contributed by atoms with E-state index in [9.17, 15) is 4.39 Å². The van der Waals surface area contributed by atoms with Gasteiger partial charge in [-0.1, -0.05) is 23.9 Å². The molecule has 7 heteroatoms. The van der Waals surface area contributed by atoms with Crippen LogP contribution >= 0.6 is 11.8 Å². The van der Waals surface area contributed by atoms with Gasteiger partial charge in [-0.15, -0.1) is 5.10 Å². The molecule has 0 bridgehead atoms. The van der Waals surface area contributed by atoms with Crippen molar-refractivity contribution in [3.63, 3.8) is 0 Å². The molecule has 2 aromatic rings. The zero-order valence-electron chi connectivity index (χ0n) is 12.1. The van der Waals surface area contributed by atoms with E-state index in [2.05, 4.69) is 15.5 Å². The Morgan fingerprint density at radius 1 is 1.23 bits per heavy atom. The van der Waals surface area contributed by atoms with Crippen LogP contribution in [0.3, 0.4) is 0 Å². The maximum absolute atomic E-state index is 13.8. The van der Waals surface area contributed by atoms with Gasteiger partial charge in [0.25, 0.3) is 0 Å². The van der Waals surface area contributed by atoms with Crippen LogP contribution in [0.1, 0.15) is 41.7 Å². The molecular formula is C15H17FN4OS. The van der Waals surface area contributed by atoms with Crippen LogP contribution in [0.5, 0.6) is 0 Å². The zero-order valence-corrected chi connectivity index (χ0v) is 12.9. The van der Waals surface area contributed by atoms with Gasteiger partial charge in [0.05, 0.1) is 6.04 Å². The number of ether oxygens (including phenoxy) is 1. The molecule has 22 heavy (non-hydrogen) atoms. The van der Waals surface area contributed by atoms with Crippen LogP contribution in [0.4, 0.5) is 4.39 Å². The molecule has 116 valence electrons. The Labute approximate surface area is 132 Å². The minimum absolute atomic E-state index is 0.0929. The van der Waals surface area contributed by atoms with E-state index in [1.54, 1.807) is 17.8 Å². The number of hydrogen-bond acceptors (Lipinski definition) is 5. The predicted molar refractivity (Wildman–Crippen MR) is 80.2 cm³/mol. The van der Waals surface area contributed by atoms with Gasteiger partial charge in [0.15, 0.2) is 0 Å². The van der Waals surface area contributed by atoms with Crippen molar-refractivity contribution in [2.75, 3.05) is 13.2 Å². The van der Waals surface area contributed by atoms with Gasteiger partial charge in [-0.25, -0.2) is 9.07 Å². The summed E-state index contributed by atoms with van der Waals surface area (Å²) in [7, 11) is 0. The number of rotatable bonds is 3. The largest absolute Gasteiger partial charge is 0.381 e. The van der Waals surface area contributed by atoms with E-state index in [4.69, 9.17) is 4.74 Å². The van der Waals surface area contributed by atoms with E-state index in [0.29, 0.717) is 6.04 Å². The van der Waals surface area contributed by atoms with E-state index in [-0.39, 0.29) is 11.1 Å². The molecule has 1 fully saturated rings. The van der Waals surface area contributed by atoms with Gasteiger partial charge >= 0.3 is 0 Å². The van der Waals surface area contributed by atoms with Gasteiger partial charge in [0, 0.05) is 18.5 Å². The lowest BCUT2D eigenvalue weighted by atomic mass is 10.1. The molecule has 0 amide bonds. The van der Waals surface area contributed by atoms with Crippen LogP contribution in [0, 0.1) is 5.82 Å². The summed E-state index contributed by atoms with van der Waals surface area (Å²) in [6.45, 7) is 1.51. The normalized spacial score (nSPS) is 22.0. The lowest BCUT2D eigenvalue weighted by molar-refractivity contribution is 0.0631. The summed E-state index contributed by atoms with van der Waals surface area (Å²) in [5, 5.41) is 13.2. The number of tetrazole rings is 1. The second-order valence-corrected chi connectivity index (χ2v) is 6.87. The standard InChI is InChI=1S/C15H17FN4OS/c16-13-3-1-2-12-11(13)4-5-14(12)22-15-17-18-19-20(15)10-6-8-21-9-7-10/h1-3,10,14H,4-9H2/t14-/m1/s1. The highest BCUT2D eigenvalue weighted by Gasteiger charge is 2.29. The van der Waals surface area contributed by atoms with Crippen molar-refractivity contribution < 1.29 is 9.13 Å². The fourth-order valence-electron chi connectivity index (χ4n) is 3.24. The minimum Gasteiger partial charge on any atom is -0.381 e. The molecular weight excluding hydrogens is 303 g/mol. The second-order valence-electron chi connectivity index (χ2n) is 5.70. The van der Waals surface area contributed by atoms with Crippen LogP contribution < -0.4 is 0 Å². The number of benzene rings is 1. The molecule has 1 aliphatic heterocycles. The molecule has 1 aromatic heterocycles. The first-order valence-corrected chi connectivity index (χ1v) is 8.50. The van der Waals surface area contributed by atoms with Crippen molar-refractivity contribution in [3.05, 3.63) is 35.1 Å². The number of halogens is 1. The first-order chi connectivity index (χ1) is 10.8. The third-order valence-electron chi connectivity index (χ3n) is 4.41. The third kappa shape index (κ3) is 2.52.